The summed E-state index contributed by atoms with van der Waals surface area (Å²) in [4.78, 5) is 2.51. The van der Waals surface area contributed by atoms with Crippen molar-refractivity contribution in [1.29, 1.82) is 0 Å². The van der Waals surface area contributed by atoms with Crippen molar-refractivity contribution in [2.45, 2.75) is 38.5 Å². The normalized spacial score (nSPS) is 14.4. The zero-order valence-electron chi connectivity index (χ0n) is 32.1. The fourth-order valence-electron chi connectivity index (χ4n) is 10.0. The summed E-state index contributed by atoms with van der Waals surface area (Å²) in [6.45, 7) is 9.44. The summed E-state index contributed by atoms with van der Waals surface area (Å²) in [5, 5.41) is 2.26. The zero-order valence-corrected chi connectivity index (χ0v) is 32.1. The molecule has 1 heterocycles. The quantitative estimate of drug-likeness (QED) is 0.176. The van der Waals surface area contributed by atoms with Gasteiger partial charge in [-0.2, -0.15) is 0 Å². The third kappa shape index (κ3) is 4.56. The maximum atomic E-state index is 6.43. The van der Waals surface area contributed by atoms with Crippen molar-refractivity contribution in [3.63, 3.8) is 0 Å². The molecule has 2 heteroatoms. The van der Waals surface area contributed by atoms with Crippen molar-refractivity contribution in [2.24, 2.45) is 0 Å². The Morgan fingerprint density at radius 1 is 0.393 bits per heavy atom. The van der Waals surface area contributed by atoms with Crippen LogP contribution in [-0.4, -0.2) is 0 Å². The summed E-state index contributed by atoms with van der Waals surface area (Å²) in [6.07, 6.45) is 0. The number of benzene rings is 8. The number of anilines is 3. The first-order valence-corrected chi connectivity index (χ1v) is 19.7. The number of hydrogen-bond acceptors (Lipinski definition) is 2. The van der Waals surface area contributed by atoms with Crippen molar-refractivity contribution in [3.8, 4) is 44.5 Å². The number of fused-ring (bicyclic) bond motifs is 9. The summed E-state index contributed by atoms with van der Waals surface area (Å²) in [7, 11) is 0. The van der Waals surface area contributed by atoms with Gasteiger partial charge in [-0.1, -0.05) is 167 Å². The number of nitrogens with zero attached hydrogens (tertiary/aromatic N) is 1. The van der Waals surface area contributed by atoms with Gasteiger partial charge in [0.05, 0.1) is 11.4 Å². The molecule has 2 aliphatic carbocycles. The van der Waals surface area contributed by atoms with Crippen LogP contribution in [0.25, 0.3) is 66.4 Å². The molecule has 11 rings (SSSR count). The maximum Gasteiger partial charge on any atom is 0.136 e. The third-order valence-electron chi connectivity index (χ3n) is 12.7. The predicted molar refractivity (Wildman–Crippen MR) is 234 cm³/mol. The van der Waals surface area contributed by atoms with Crippen LogP contribution in [0.15, 0.2) is 180 Å². The van der Waals surface area contributed by atoms with Gasteiger partial charge in [0.15, 0.2) is 0 Å². The lowest BCUT2D eigenvalue weighted by Crippen LogP contribution is -2.16. The molecule has 2 nitrogen and oxygen atoms in total. The van der Waals surface area contributed by atoms with Gasteiger partial charge in [0, 0.05) is 38.4 Å². The summed E-state index contributed by atoms with van der Waals surface area (Å²) in [6, 6.07) is 64.6. The van der Waals surface area contributed by atoms with Crippen LogP contribution in [0.2, 0.25) is 0 Å². The van der Waals surface area contributed by atoms with Crippen LogP contribution in [-0.2, 0) is 10.8 Å². The van der Waals surface area contributed by atoms with E-state index in [-0.39, 0.29) is 10.8 Å². The molecule has 0 spiro atoms. The second-order valence-corrected chi connectivity index (χ2v) is 16.4. The first-order valence-electron chi connectivity index (χ1n) is 19.7. The van der Waals surface area contributed by atoms with Crippen LogP contribution >= 0.6 is 0 Å². The minimum atomic E-state index is -0.138. The third-order valence-corrected chi connectivity index (χ3v) is 12.7. The highest BCUT2D eigenvalue weighted by Crippen LogP contribution is 2.56. The Labute approximate surface area is 328 Å². The van der Waals surface area contributed by atoms with E-state index in [0.29, 0.717) is 0 Å². The number of hydrogen-bond donors (Lipinski definition) is 0. The molecule has 9 aromatic rings. The molecule has 0 saturated heterocycles. The van der Waals surface area contributed by atoms with Crippen LogP contribution < -0.4 is 4.90 Å². The lowest BCUT2D eigenvalue weighted by atomic mass is 9.82. The van der Waals surface area contributed by atoms with Gasteiger partial charge in [-0.3, -0.25) is 0 Å². The van der Waals surface area contributed by atoms with Gasteiger partial charge in [-0.25, -0.2) is 0 Å². The Balaban J connectivity index is 1.19. The van der Waals surface area contributed by atoms with Crippen molar-refractivity contribution >= 4 is 39.0 Å². The fourth-order valence-corrected chi connectivity index (χ4v) is 10.0. The van der Waals surface area contributed by atoms with Gasteiger partial charge in [0.1, 0.15) is 11.2 Å². The Morgan fingerprint density at radius 2 is 0.911 bits per heavy atom. The highest BCUT2D eigenvalue weighted by molar-refractivity contribution is 6.14. The van der Waals surface area contributed by atoms with Crippen LogP contribution in [0.3, 0.4) is 0 Å². The second-order valence-electron chi connectivity index (χ2n) is 16.4. The molecular weight excluding hydrogens is 679 g/mol. The molecule has 0 fully saturated rings. The highest BCUT2D eigenvalue weighted by atomic mass is 16.3. The van der Waals surface area contributed by atoms with Gasteiger partial charge >= 0.3 is 0 Å². The Bertz CT molecular complexity index is 3050. The molecule has 0 unspecified atom stereocenters. The van der Waals surface area contributed by atoms with Crippen molar-refractivity contribution in [1.82, 2.24) is 0 Å². The zero-order chi connectivity index (χ0) is 37.8. The number of rotatable bonds is 5. The van der Waals surface area contributed by atoms with E-state index in [2.05, 4.69) is 202 Å². The average molecular weight is 720 g/mol. The van der Waals surface area contributed by atoms with Crippen LogP contribution in [0.5, 0.6) is 0 Å². The molecule has 56 heavy (non-hydrogen) atoms. The number of para-hydroxylation sites is 2. The highest BCUT2D eigenvalue weighted by Gasteiger charge is 2.39. The first kappa shape index (κ1) is 32.8. The van der Waals surface area contributed by atoms with Gasteiger partial charge in [0.25, 0.3) is 0 Å². The lowest BCUT2D eigenvalue weighted by Gasteiger charge is -2.31. The van der Waals surface area contributed by atoms with Gasteiger partial charge in [-0.15, -0.1) is 0 Å². The molecule has 268 valence electrons. The molecule has 0 amide bonds. The van der Waals surface area contributed by atoms with Gasteiger partial charge in [0.2, 0.25) is 0 Å². The predicted octanol–water partition coefficient (Wildman–Crippen LogP) is 15.0. The Morgan fingerprint density at radius 3 is 1.70 bits per heavy atom. The van der Waals surface area contributed by atoms with Gasteiger partial charge in [-0.05, 0) is 92.0 Å². The van der Waals surface area contributed by atoms with E-state index >= 15 is 0 Å². The lowest BCUT2D eigenvalue weighted by molar-refractivity contribution is 0.660. The molecule has 0 bridgehead atoms. The van der Waals surface area contributed by atoms with E-state index in [1.165, 1.54) is 61.3 Å². The molecular formula is C54H41NO. The van der Waals surface area contributed by atoms with E-state index in [1.54, 1.807) is 0 Å². The van der Waals surface area contributed by atoms with Crippen LogP contribution in [0.4, 0.5) is 17.1 Å². The van der Waals surface area contributed by atoms with E-state index in [0.717, 1.165) is 44.4 Å². The van der Waals surface area contributed by atoms with E-state index in [4.69, 9.17) is 4.42 Å². The molecule has 0 atom stereocenters. The summed E-state index contributed by atoms with van der Waals surface area (Å²) < 4.78 is 6.43. The van der Waals surface area contributed by atoms with E-state index < -0.39 is 0 Å². The topological polar surface area (TPSA) is 16.4 Å². The van der Waals surface area contributed by atoms with E-state index in [9.17, 15) is 0 Å². The molecule has 0 N–H and O–H groups in total. The van der Waals surface area contributed by atoms with Crippen molar-refractivity contribution in [2.75, 3.05) is 4.90 Å². The van der Waals surface area contributed by atoms with Crippen molar-refractivity contribution < 1.29 is 4.42 Å². The first-order chi connectivity index (χ1) is 27.3. The van der Waals surface area contributed by atoms with Crippen LogP contribution in [0.1, 0.15) is 49.9 Å². The minimum absolute atomic E-state index is 0.0758. The molecule has 0 saturated carbocycles. The Hall–Kier alpha value is -6.64. The molecule has 8 aromatic carbocycles. The minimum Gasteiger partial charge on any atom is -0.456 e. The van der Waals surface area contributed by atoms with E-state index in [1.807, 2.05) is 6.07 Å². The molecule has 0 aliphatic heterocycles. The smallest absolute Gasteiger partial charge is 0.136 e. The summed E-state index contributed by atoms with van der Waals surface area (Å²) >= 11 is 0. The SMILES string of the molecule is CC1(C)c2ccccc2-c2c(-c3cccc(N(c4ccccc4-c4cccc5oc6ccccc6c45)c4cccc5c4-c4ccccc4C5(C)C)c3)cccc21. The molecule has 2 aliphatic rings. The monoisotopic (exact) mass is 719 g/mol. The standard InChI is InChI=1S/C54H41NO/c1-53(2)42-25-9-5-20-39(42)50-36(23-14-27-44(50)53)34-17-13-18-35(33-34)55(47-30-16-28-45-52(47)40-21-6-10-26-43(40)54(45,3)4)46-29-11-7-19-37(46)38-24-15-32-49-51(38)41-22-8-12-31-48(41)56-49/h5-33H,1-4H3. The van der Waals surface area contributed by atoms with Crippen molar-refractivity contribution in [3.05, 3.63) is 198 Å². The molecule has 0 radical (unpaired) electrons. The van der Waals surface area contributed by atoms with Gasteiger partial charge < -0.3 is 9.32 Å². The van der Waals surface area contributed by atoms with Crippen LogP contribution in [0, 0.1) is 0 Å². The molecule has 1 aromatic heterocycles. The largest absolute Gasteiger partial charge is 0.456 e. The number of furan rings is 1. The summed E-state index contributed by atoms with van der Waals surface area (Å²) in [5.41, 5.74) is 20.4. The Kier molecular flexibility index (Phi) is 6.98. The summed E-state index contributed by atoms with van der Waals surface area (Å²) in [5.74, 6) is 0. The maximum absolute atomic E-state index is 6.43. The second kappa shape index (κ2) is 11.9. The average Bonchev–Trinajstić information content (AvgIpc) is 3.82. The fraction of sp³-hybridized carbons (Fsp3) is 0.111.